The van der Waals surface area contributed by atoms with Gasteiger partial charge in [-0.2, -0.15) is 8.42 Å². The molecule has 3 aliphatic rings. The van der Waals surface area contributed by atoms with Crippen LogP contribution >= 0.6 is 0 Å². The molecule has 1 aromatic heterocycles. The standard InChI is InChI=1S/C37H33N3O13S2.2C6H15N/c1-36(2)14-19(16-54(46,47)48)22-10-25-29(12-27(22)38-36)52-30-13-28-23(20(17-55(49,50)51)15-37(3,4)39-28)11-26(30)33(25)21-6-5-18(9-24(21)34(43)44)35(45)53-40-31(41)7-8-32(40)42;2*1-4-7(5-2)6-3/h5-6,9-15,38-39H,7-8,16-17H2,1-4H3,(H2-,43,44,46,47,48,49,50,51);2*4-6H2,1-3H3. The lowest BCUT2D eigenvalue weighted by Gasteiger charge is -2.32. The fraction of sp³-hybridized carbons (Fsp3) is 0.449. The van der Waals surface area contributed by atoms with Gasteiger partial charge in [-0.1, -0.05) is 59.8 Å². The second-order valence-corrected chi connectivity index (χ2v) is 20.8. The van der Waals surface area contributed by atoms with Crippen molar-refractivity contribution >= 4 is 88.4 Å². The number of fused-ring (bicyclic) bond motifs is 4. The van der Waals surface area contributed by atoms with Crippen LogP contribution in [0.3, 0.4) is 0 Å². The maximum atomic E-state index is 13.1. The minimum absolute atomic E-state index is 0.0264. The average Bonchev–Trinajstić information content (AvgIpc) is 3.56. The smallest absolute Gasteiger partial charge is 0.363 e. The monoisotopic (exact) mass is 993 g/mol. The van der Waals surface area contributed by atoms with E-state index < -0.39 is 72.1 Å². The van der Waals surface area contributed by atoms with E-state index in [1.165, 1.54) is 51.4 Å². The molecule has 0 radical (unpaired) electrons. The van der Waals surface area contributed by atoms with Crippen LogP contribution < -0.4 is 10.6 Å². The number of hydroxylamine groups is 2. The minimum atomic E-state index is -4.77. The lowest BCUT2D eigenvalue weighted by molar-refractivity contribution is -0.172. The molecular formula is C49H63N5O13S2. The van der Waals surface area contributed by atoms with E-state index in [2.05, 4.69) is 62.0 Å². The summed E-state index contributed by atoms with van der Waals surface area (Å²) in [7, 11) is -9.30. The molecule has 4 heterocycles. The lowest BCUT2D eigenvalue weighted by Crippen LogP contribution is -2.32. The number of amides is 2. The molecule has 374 valence electrons. The van der Waals surface area contributed by atoms with Crippen LogP contribution in [-0.2, 0) is 34.7 Å². The predicted molar refractivity (Wildman–Crippen MR) is 266 cm³/mol. The van der Waals surface area contributed by atoms with Gasteiger partial charge in [0.05, 0.1) is 72.4 Å². The van der Waals surface area contributed by atoms with Crippen LogP contribution in [0.5, 0.6) is 0 Å². The molecule has 20 heteroatoms. The number of benzene rings is 3. The van der Waals surface area contributed by atoms with Gasteiger partial charge >= 0.3 is 23.1 Å². The first-order chi connectivity index (χ1) is 32.2. The first-order valence-electron chi connectivity index (χ1n) is 22.9. The first kappa shape index (κ1) is 54.2. The van der Waals surface area contributed by atoms with Gasteiger partial charge in [0.15, 0.2) is 0 Å². The van der Waals surface area contributed by atoms with E-state index in [1.54, 1.807) is 64.1 Å². The maximum absolute atomic E-state index is 13.1. The molecule has 0 atom stereocenters. The Kier molecular flexibility index (Phi) is 16.9. The molecule has 1 fully saturated rings. The molecule has 4 N–H and O–H groups in total. The summed E-state index contributed by atoms with van der Waals surface area (Å²) in [5.41, 5.74) is 0.269. The SMILES string of the molecule is CC1(C)C=C(CS(=O)(=O)[O-])c2cc3c(-c4ccc(C(=O)ON5C(=O)CCC5=O)cc4C(=O)O)c4cc5c(cc4[o+]c3cc2N1)NC(C)(C)C=C5CS(=O)(=O)O.CCN(CC)CC.CCN(CC)CC. The Morgan fingerprint density at radius 1 is 0.710 bits per heavy atom. The topological polar surface area (TPSA) is 254 Å². The molecule has 2 amide bonds. The molecule has 18 nitrogen and oxygen atoms in total. The summed E-state index contributed by atoms with van der Waals surface area (Å²) in [6.07, 6.45) is 2.92. The van der Waals surface area contributed by atoms with E-state index in [0.29, 0.717) is 27.6 Å². The first-order valence-corrected chi connectivity index (χ1v) is 26.1. The van der Waals surface area contributed by atoms with E-state index in [9.17, 15) is 50.2 Å². The Labute approximate surface area is 403 Å². The van der Waals surface area contributed by atoms with Crippen LogP contribution in [-0.4, -0.2) is 132 Å². The highest BCUT2D eigenvalue weighted by Gasteiger charge is 2.36. The fourth-order valence-corrected chi connectivity index (χ4v) is 9.88. The third-order valence-electron chi connectivity index (χ3n) is 12.0. The van der Waals surface area contributed by atoms with Crippen molar-refractivity contribution in [1.82, 2.24) is 14.9 Å². The Morgan fingerprint density at radius 2 is 1.14 bits per heavy atom. The maximum Gasteiger partial charge on any atom is 0.363 e. The van der Waals surface area contributed by atoms with Crippen molar-refractivity contribution in [3.63, 3.8) is 0 Å². The number of imide groups is 1. The highest BCUT2D eigenvalue weighted by atomic mass is 32.2. The summed E-state index contributed by atoms with van der Waals surface area (Å²) < 4.78 is 76.8. The summed E-state index contributed by atoms with van der Waals surface area (Å²) in [6.45, 7) is 27.4. The van der Waals surface area contributed by atoms with Crippen molar-refractivity contribution in [2.45, 2.75) is 93.2 Å². The molecule has 3 aromatic carbocycles. The van der Waals surface area contributed by atoms with Crippen molar-refractivity contribution in [2.75, 3.05) is 61.4 Å². The number of carboxylic acid groups (broad SMARTS) is 1. The molecule has 0 saturated carbocycles. The number of hydrogen-bond donors (Lipinski definition) is 4. The third-order valence-corrected chi connectivity index (χ3v) is 13.3. The molecule has 0 bridgehead atoms. The molecule has 0 aliphatic carbocycles. The van der Waals surface area contributed by atoms with Gasteiger partial charge in [0, 0.05) is 29.5 Å². The molecular weight excluding hydrogens is 931 g/mol. The number of hydrogen-bond acceptors (Lipinski definition) is 14. The van der Waals surface area contributed by atoms with E-state index in [-0.39, 0.29) is 62.6 Å². The van der Waals surface area contributed by atoms with Gasteiger partial charge in [-0.15, -0.1) is 5.06 Å². The van der Waals surface area contributed by atoms with E-state index >= 15 is 0 Å². The zero-order valence-corrected chi connectivity index (χ0v) is 42.4. The van der Waals surface area contributed by atoms with E-state index in [4.69, 9.17) is 9.25 Å². The number of aromatic carboxylic acids is 1. The van der Waals surface area contributed by atoms with Crippen LogP contribution in [0.25, 0.3) is 44.2 Å². The summed E-state index contributed by atoms with van der Waals surface area (Å²) >= 11 is 0. The molecule has 0 unspecified atom stereocenters. The zero-order chi connectivity index (χ0) is 51.4. The van der Waals surface area contributed by atoms with Crippen molar-refractivity contribution in [3.8, 4) is 11.1 Å². The van der Waals surface area contributed by atoms with Gasteiger partial charge in [-0.3, -0.25) is 14.1 Å². The molecule has 4 aromatic rings. The Hall–Kier alpha value is -5.77. The van der Waals surface area contributed by atoms with Gasteiger partial charge < -0.3 is 34.9 Å². The number of rotatable bonds is 14. The predicted octanol–water partition coefficient (Wildman–Crippen LogP) is 7.76. The number of anilines is 2. The number of carbonyl (C=O) groups excluding carboxylic acids is 3. The lowest BCUT2D eigenvalue weighted by atomic mass is 9.86. The molecule has 69 heavy (non-hydrogen) atoms. The van der Waals surface area contributed by atoms with Gasteiger partial charge in [0.25, 0.3) is 21.9 Å². The van der Waals surface area contributed by atoms with Gasteiger partial charge in [-0.25, -0.2) is 22.4 Å². The van der Waals surface area contributed by atoms with Gasteiger partial charge in [0.1, 0.15) is 5.75 Å². The van der Waals surface area contributed by atoms with Crippen LogP contribution in [0.15, 0.2) is 59.0 Å². The molecule has 1 saturated heterocycles. The molecule has 7 rings (SSSR count). The summed E-state index contributed by atoms with van der Waals surface area (Å²) in [5.74, 6) is -5.73. The Morgan fingerprint density at radius 3 is 1.52 bits per heavy atom. The summed E-state index contributed by atoms with van der Waals surface area (Å²) in [5, 5.41) is 18.0. The number of carbonyl (C=O) groups is 4. The Bertz CT molecular complexity index is 2790. The third kappa shape index (κ3) is 13.3. The fourth-order valence-electron chi connectivity index (χ4n) is 8.63. The van der Waals surface area contributed by atoms with Crippen LogP contribution in [0.4, 0.5) is 11.4 Å². The number of carboxylic acids is 1. The summed E-state index contributed by atoms with van der Waals surface area (Å²) in [6, 6.07) is 9.89. The van der Waals surface area contributed by atoms with Crippen molar-refractivity contribution in [2.24, 2.45) is 0 Å². The largest absolute Gasteiger partial charge is 0.748 e. The van der Waals surface area contributed by atoms with Gasteiger partial charge in [0.2, 0.25) is 0 Å². The highest BCUT2D eigenvalue weighted by molar-refractivity contribution is 7.86. The highest BCUT2D eigenvalue weighted by Crippen LogP contribution is 2.46. The van der Waals surface area contributed by atoms with Crippen LogP contribution in [0, 0.1) is 0 Å². The molecule has 0 spiro atoms. The van der Waals surface area contributed by atoms with Crippen LogP contribution in [0.1, 0.15) is 114 Å². The van der Waals surface area contributed by atoms with E-state index in [0.717, 1.165) is 6.07 Å². The number of nitrogens with one attached hydrogen (secondary N) is 2. The van der Waals surface area contributed by atoms with Gasteiger partial charge in [-0.05, 0) is 108 Å². The normalized spacial score (nSPS) is 16.1. The minimum Gasteiger partial charge on any atom is -0.748 e. The Balaban J connectivity index is 0.000000554. The van der Waals surface area contributed by atoms with Crippen molar-refractivity contribution < 1.29 is 59.5 Å². The summed E-state index contributed by atoms with van der Waals surface area (Å²) in [4.78, 5) is 60.1. The quantitative estimate of drug-likeness (QED) is 0.0407. The molecule has 3 aliphatic heterocycles. The average molecular weight is 994 g/mol. The van der Waals surface area contributed by atoms with Crippen molar-refractivity contribution in [1.29, 1.82) is 0 Å². The van der Waals surface area contributed by atoms with Crippen molar-refractivity contribution in [3.05, 3.63) is 76.9 Å². The second-order valence-electron chi connectivity index (χ2n) is 18.0. The zero-order valence-electron chi connectivity index (χ0n) is 40.8. The number of nitrogens with zero attached hydrogens (tertiary/aromatic N) is 3. The second kappa shape index (κ2) is 21.5. The van der Waals surface area contributed by atoms with E-state index in [1.807, 2.05) is 0 Å². The van der Waals surface area contributed by atoms with Crippen LogP contribution in [0.2, 0.25) is 0 Å².